The molecule has 3 heteroatoms. The molecule has 0 saturated carbocycles. The van der Waals surface area contributed by atoms with E-state index in [4.69, 9.17) is 0 Å². The van der Waals surface area contributed by atoms with Gasteiger partial charge >= 0.3 is 0 Å². The number of benzene rings is 1. The third-order valence-corrected chi connectivity index (χ3v) is 2.43. The van der Waals surface area contributed by atoms with E-state index >= 15 is 0 Å². The van der Waals surface area contributed by atoms with Crippen LogP contribution in [0.3, 0.4) is 0 Å². The van der Waals surface area contributed by atoms with E-state index < -0.39 is 0 Å². The molecular weight excluding hydrogens is 242 g/mol. The summed E-state index contributed by atoms with van der Waals surface area (Å²) in [5, 5.41) is 2.86. The van der Waals surface area contributed by atoms with Crippen LogP contribution < -0.4 is 5.32 Å². The van der Waals surface area contributed by atoms with Crippen molar-refractivity contribution in [2.75, 3.05) is 0 Å². The van der Waals surface area contributed by atoms with Gasteiger partial charge in [-0.05, 0) is 31.0 Å². The lowest BCUT2D eigenvalue weighted by atomic mass is 10.1. The summed E-state index contributed by atoms with van der Waals surface area (Å²) in [6, 6.07) is 8.32. The smallest absolute Gasteiger partial charge is 0.217 e. The van der Waals surface area contributed by atoms with E-state index in [-0.39, 0.29) is 11.9 Å². The van der Waals surface area contributed by atoms with E-state index in [9.17, 15) is 4.79 Å². The molecule has 0 saturated heterocycles. The zero-order chi connectivity index (χ0) is 10.6. The van der Waals surface area contributed by atoms with Gasteiger partial charge in [0.15, 0.2) is 0 Å². The van der Waals surface area contributed by atoms with E-state index in [1.54, 1.807) is 0 Å². The monoisotopic (exact) mass is 255 g/mol. The molecule has 0 unspecified atom stereocenters. The van der Waals surface area contributed by atoms with Crippen LogP contribution in [-0.4, -0.2) is 11.9 Å². The number of carbonyl (C=O) groups is 1. The highest BCUT2D eigenvalue weighted by molar-refractivity contribution is 9.10. The number of hydrogen-bond acceptors (Lipinski definition) is 1. The normalized spacial score (nSPS) is 12.2. The molecule has 1 N–H and O–H groups in total. The van der Waals surface area contributed by atoms with Gasteiger partial charge in [0, 0.05) is 17.4 Å². The van der Waals surface area contributed by atoms with Gasteiger partial charge in [-0.2, -0.15) is 0 Å². The predicted octanol–water partition coefficient (Wildman–Crippen LogP) is 2.52. The average Bonchev–Trinajstić information content (AvgIpc) is 2.07. The highest BCUT2D eigenvalue weighted by atomic mass is 79.9. The minimum absolute atomic E-state index is 0.0228. The maximum atomic E-state index is 10.8. The molecule has 1 rings (SSSR count). The number of carbonyl (C=O) groups excluding carboxylic acids is 1. The second-order valence-corrected chi connectivity index (χ2v) is 4.35. The Balaban J connectivity index is 2.51. The molecule has 1 amide bonds. The number of rotatable bonds is 3. The predicted molar refractivity (Wildman–Crippen MR) is 61.1 cm³/mol. The zero-order valence-corrected chi connectivity index (χ0v) is 9.97. The number of nitrogens with one attached hydrogen (secondary N) is 1. The van der Waals surface area contributed by atoms with Gasteiger partial charge in [-0.25, -0.2) is 0 Å². The fourth-order valence-corrected chi connectivity index (χ4v) is 1.64. The van der Waals surface area contributed by atoms with Gasteiger partial charge in [-0.15, -0.1) is 0 Å². The first-order valence-corrected chi connectivity index (χ1v) is 5.39. The average molecular weight is 256 g/mol. The van der Waals surface area contributed by atoms with Crippen molar-refractivity contribution >= 4 is 21.8 Å². The summed E-state index contributed by atoms with van der Waals surface area (Å²) in [4.78, 5) is 10.8. The summed E-state index contributed by atoms with van der Waals surface area (Å²) < 4.78 is 1.08. The number of halogens is 1. The number of amides is 1. The van der Waals surface area contributed by atoms with Crippen molar-refractivity contribution in [3.8, 4) is 0 Å². The van der Waals surface area contributed by atoms with Crippen LogP contribution in [0, 0.1) is 0 Å². The molecule has 2 nitrogen and oxygen atoms in total. The second-order valence-electron chi connectivity index (χ2n) is 3.43. The lowest BCUT2D eigenvalue weighted by Gasteiger charge is -2.12. The van der Waals surface area contributed by atoms with Crippen LogP contribution in [0.2, 0.25) is 0 Å². The third kappa shape index (κ3) is 3.92. The Morgan fingerprint density at radius 3 is 2.50 bits per heavy atom. The second kappa shape index (κ2) is 5.15. The molecule has 76 valence electrons. The quantitative estimate of drug-likeness (QED) is 0.884. The van der Waals surface area contributed by atoms with Gasteiger partial charge in [0.1, 0.15) is 0 Å². The van der Waals surface area contributed by atoms with Gasteiger partial charge < -0.3 is 5.32 Å². The molecule has 0 aliphatic heterocycles. The van der Waals surface area contributed by atoms with Crippen LogP contribution in [0.1, 0.15) is 19.4 Å². The molecule has 1 aromatic rings. The zero-order valence-electron chi connectivity index (χ0n) is 8.38. The van der Waals surface area contributed by atoms with E-state index in [1.165, 1.54) is 12.5 Å². The Bertz CT molecular complexity index is 308. The Morgan fingerprint density at radius 2 is 2.00 bits per heavy atom. The maximum Gasteiger partial charge on any atom is 0.217 e. The van der Waals surface area contributed by atoms with Gasteiger partial charge in [0.25, 0.3) is 0 Å². The van der Waals surface area contributed by atoms with Crippen LogP contribution in [0.25, 0.3) is 0 Å². The first-order chi connectivity index (χ1) is 6.58. The third-order valence-electron chi connectivity index (χ3n) is 1.90. The molecule has 1 aromatic carbocycles. The van der Waals surface area contributed by atoms with Crippen molar-refractivity contribution in [3.63, 3.8) is 0 Å². The molecule has 0 aromatic heterocycles. The molecule has 0 spiro atoms. The Kier molecular flexibility index (Phi) is 4.14. The molecule has 14 heavy (non-hydrogen) atoms. The number of hydrogen-bond donors (Lipinski definition) is 1. The van der Waals surface area contributed by atoms with E-state index in [0.29, 0.717) is 0 Å². The summed E-state index contributed by atoms with van der Waals surface area (Å²) in [7, 11) is 0. The molecular formula is C11H14BrNO. The topological polar surface area (TPSA) is 29.1 Å². The highest BCUT2D eigenvalue weighted by Crippen LogP contribution is 2.11. The van der Waals surface area contributed by atoms with Gasteiger partial charge in [0.05, 0.1) is 0 Å². The van der Waals surface area contributed by atoms with Crippen molar-refractivity contribution in [1.82, 2.24) is 5.32 Å². The molecule has 0 aliphatic carbocycles. The minimum Gasteiger partial charge on any atom is -0.354 e. The summed E-state index contributed by atoms with van der Waals surface area (Å²) in [6.07, 6.45) is 0.868. The van der Waals surface area contributed by atoms with Crippen molar-refractivity contribution in [2.45, 2.75) is 26.3 Å². The summed E-state index contributed by atoms with van der Waals surface area (Å²) in [5.74, 6) is 0.0228. The lowest BCUT2D eigenvalue weighted by Crippen LogP contribution is -2.31. The molecule has 0 bridgehead atoms. The fraction of sp³-hybridized carbons (Fsp3) is 0.364. The summed E-state index contributed by atoms with van der Waals surface area (Å²) >= 11 is 3.38. The van der Waals surface area contributed by atoms with E-state index in [0.717, 1.165) is 10.9 Å². The largest absolute Gasteiger partial charge is 0.354 e. The SMILES string of the molecule is CC(=O)N[C@H](C)Cc1ccc(Br)cc1. The van der Waals surface area contributed by atoms with Crippen LogP contribution in [0.4, 0.5) is 0 Å². The molecule has 0 fully saturated rings. The molecule has 0 heterocycles. The summed E-state index contributed by atoms with van der Waals surface area (Å²) in [6.45, 7) is 3.54. The van der Waals surface area contributed by atoms with Gasteiger partial charge in [-0.1, -0.05) is 28.1 Å². The van der Waals surface area contributed by atoms with E-state index in [2.05, 4.69) is 33.4 Å². The van der Waals surface area contributed by atoms with Crippen molar-refractivity contribution in [1.29, 1.82) is 0 Å². The van der Waals surface area contributed by atoms with E-state index in [1.807, 2.05) is 19.1 Å². The minimum atomic E-state index is 0.0228. The standard InChI is InChI=1S/C11H14BrNO/c1-8(13-9(2)14)7-10-3-5-11(12)6-4-10/h3-6,8H,7H2,1-2H3,(H,13,14)/t8-/m1/s1. The molecule has 0 radical (unpaired) electrons. The fourth-order valence-electron chi connectivity index (χ4n) is 1.37. The van der Waals surface area contributed by atoms with Crippen LogP contribution in [-0.2, 0) is 11.2 Å². The van der Waals surface area contributed by atoms with Crippen molar-refractivity contribution in [3.05, 3.63) is 34.3 Å². The van der Waals surface area contributed by atoms with Crippen molar-refractivity contribution in [2.24, 2.45) is 0 Å². The molecule has 0 aliphatic rings. The van der Waals surface area contributed by atoms with Crippen LogP contribution in [0.15, 0.2) is 28.7 Å². The van der Waals surface area contributed by atoms with Crippen molar-refractivity contribution < 1.29 is 4.79 Å². The Labute approximate surface area is 92.8 Å². The van der Waals surface area contributed by atoms with Gasteiger partial charge in [-0.3, -0.25) is 4.79 Å². The van der Waals surface area contributed by atoms with Crippen LogP contribution >= 0.6 is 15.9 Å². The maximum absolute atomic E-state index is 10.8. The first kappa shape index (κ1) is 11.2. The lowest BCUT2D eigenvalue weighted by molar-refractivity contribution is -0.119. The summed E-state index contributed by atoms with van der Waals surface area (Å²) in [5.41, 5.74) is 1.23. The Morgan fingerprint density at radius 1 is 1.43 bits per heavy atom. The van der Waals surface area contributed by atoms with Crippen LogP contribution in [0.5, 0.6) is 0 Å². The molecule has 1 atom stereocenters. The van der Waals surface area contributed by atoms with Gasteiger partial charge in [0.2, 0.25) is 5.91 Å². The first-order valence-electron chi connectivity index (χ1n) is 4.59. The Hall–Kier alpha value is -0.830. The highest BCUT2D eigenvalue weighted by Gasteiger charge is 2.03.